The SMILES string of the molecule is CC(=O)N1CCC(C(=O)N2CCc3cc(S(=O)(=O)N4C[C@H](c5ccccc5)N=C4N)ccc32)CC1. The first kappa shape index (κ1) is 23.3. The van der Waals surface area contributed by atoms with Crippen LogP contribution in [0.25, 0.3) is 0 Å². The second-order valence-corrected chi connectivity index (χ2v) is 11.1. The Hall–Kier alpha value is -3.40. The Balaban J connectivity index is 1.32. The Morgan fingerprint density at radius 3 is 2.43 bits per heavy atom. The first-order valence-corrected chi connectivity index (χ1v) is 13.3. The number of sulfonamides is 1. The molecule has 9 nitrogen and oxygen atoms in total. The number of carbonyl (C=O) groups excluding carboxylic acids is 2. The monoisotopic (exact) mass is 495 g/mol. The lowest BCUT2D eigenvalue weighted by atomic mass is 9.95. The quantitative estimate of drug-likeness (QED) is 0.695. The molecule has 2 aromatic rings. The van der Waals surface area contributed by atoms with E-state index in [1.54, 1.807) is 34.9 Å². The zero-order chi connectivity index (χ0) is 24.7. The number of carbonyl (C=O) groups is 2. The van der Waals surface area contributed by atoms with Crippen molar-refractivity contribution in [2.45, 2.75) is 37.1 Å². The third-order valence-electron chi connectivity index (χ3n) is 7.16. The van der Waals surface area contributed by atoms with Gasteiger partial charge < -0.3 is 15.5 Å². The minimum atomic E-state index is -3.89. The maximum atomic E-state index is 13.4. The van der Waals surface area contributed by atoms with Gasteiger partial charge in [-0.3, -0.25) is 9.59 Å². The lowest BCUT2D eigenvalue weighted by Gasteiger charge is -2.32. The van der Waals surface area contributed by atoms with Crippen molar-refractivity contribution in [1.82, 2.24) is 9.21 Å². The van der Waals surface area contributed by atoms with Gasteiger partial charge in [0.25, 0.3) is 10.0 Å². The van der Waals surface area contributed by atoms with Crippen LogP contribution in [0.2, 0.25) is 0 Å². The number of likely N-dealkylation sites (tertiary alicyclic amines) is 1. The van der Waals surface area contributed by atoms with Crippen LogP contribution in [-0.2, 0) is 26.0 Å². The second-order valence-electron chi connectivity index (χ2n) is 9.26. The molecule has 0 aromatic heterocycles. The Bertz CT molecular complexity index is 1290. The number of nitrogens with two attached hydrogens (primary N) is 1. The van der Waals surface area contributed by atoms with E-state index in [-0.39, 0.29) is 41.2 Å². The molecule has 184 valence electrons. The summed E-state index contributed by atoms with van der Waals surface area (Å²) >= 11 is 0. The molecule has 35 heavy (non-hydrogen) atoms. The number of fused-ring (bicyclic) bond motifs is 1. The van der Waals surface area contributed by atoms with Gasteiger partial charge in [0, 0.05) is 38.2 Å². The molecule has 0 unspecified atom stereocenters. The number of anilines is 1. The fourth-order valence-electron chi connectivity index (χ4n) is 5.15. The average Bonchev–Trinajstić information content (AvgIpc) is 3.48. The van der Waals surface area contributed by atoms with Gasteiger partial charge in [-0.2, -0.15) is 0 Å². The van der Waals surface area contributed by atoms with Gasteiger partial charge >= 0.3 is 0 Å². The zero-order valence-corrected chi connectivity index (χ0v) is 20.4. The van der Waals surface area contributed by atoms with E-state index in [4.69, 9.17) is 5.73 Å². The van der Waals surface area contributed by atoms with Crippen molar-refractivity contribution in [2.24, 2.45) is 16.6 Å². The highest BCUT2D eigenvalue weighted by Gasteiger charge is 2.37. The summed E-state index contributed by atoms with van der Waals surface area (Å²) in [6.45, 7) is 3.40. The first-order chi connectivity index (χ1) is 16.8. The molecule has 0 saturated carbocycles. The molecule has 1 atom stereocenters. The van der Waals surface area contributed by atoms with E-state index in [0.717, 1.165) is 21.1 Å². The number of nitrogens with zero attached hydrogens (tertiary/aromatic N) is 4. The van der Waals surface area contributed by atoms with Gasteiger partial charge in [-0.05, 0) is 48.6 Å². The number of hydrogen-bond donors (Lipinski definition) is 1. The number of amides is 2. The number of hydrogen-bond acceptors (Lipinski definition) is 6. The minimum Gasteiger partial charge on any atom is -0.369 e. The maximum absolute atomic E-state index is 13.4. The van der Waals surface area contributed by atoms with Crippen LogP contribution in [0.4, 0.5) is 5.69 Å². The van der Waals surface area contributed by atoms with E-state index >= 15 is 0 Å². The van der Waals surface area contributed by atoms with Crippen LogP contribution in [-0.4, -0.2) is 61.6 Å². The summed E-state index contributed by atoms with van der Waals surface area (Å²) in [4.78, 5) is 32.8. The molecule has 1 saturated heterocycles. The summed E-state index contributed by atoms with van der Waals surface area (Å²) in [5, 5.41) is 0. The second kappa shape index (κ2) is 8.99. The molecular weight excluding hydrogens is 466 g/mol. The molecule has 3 heterocycles. The predicted octanol–water partition coefficient (Wildman–Crippen LogP) is 1.89. The fraction of sp³-hybridized carbons (Fsp3) is 0.400. The normalized spacial score (nSPS) is 20.7. The molecule has 0 radical (unpaired) electrons. The van der Waals surface area contributed by atoms with Crippen LogP contribution >= 0.6 is 0 Å². The van der Waals surface area contributed by atoms with Crippen molar-refractivity contribution in [1.29, 1.82) is 0 Å². The standard InChI is InChI=1S/C25H29N5O4S/c1-17(31)28-12-9-19(10-13-28)24(32)29-14-11-20-15-21(7-8-23(20)29)35(33,34)30-16-22(27-25(30)26)18-5-3-2-4-6-18/h2-8,15,19,22H,9-14,16H2,1H3,(H2,26,27)/t22-/m1/s1. The van der Waals surface area contributed by atoms with Gasteiger partial charge in [0.2, 0.25) is 17.8 Å². The minimum absolute atomic E-state index is 0.0203. The van der Waals surface area contributed by atoms with Crippen LogP contribution in [0.1, 0.15) is 36.9 Å². The molecule has 10 heteroatoms. The summed E-state index contributed by atoms with van der Waals surface area (Å²) in [5.74, 6) is -0.0670. The molecule has 3 aliphatic heterocycles. The highest BCUT2D eigenvalue weighted by molar-refractivity contribution is 7.89. The molecule has 2 aromatic carbocycles. The molecule has 0 aliphatic carbocycles. The molecular formula is C25H29N5O4S. The van der Waals surface area contributed by atoms with Crippen molar-refractivity contribution in [3.05, 3.63) is 59.7 Å². The summed E-state index contributed by atoms with van der Waals surface area (Å²) in [7, 11) is -3.89. The van der Waals surface area contributed by atoms with Gasteiger partial charge in [-0.25, -0.2) is 17.7 Å². The lowest BCUT2D eigenvalue weighted by molar-refractivity contribution is -0.133. The smallest absolute Gasteiger partial charge is 0.266 e. The van der Waals surface area contributed by atoms with Crippen molar-refractivity contribution >= 4 is 33.5 Å². The topological polar surface area (TPSA) is 116 Å². The summed E-state index contributed by atoms with van der Waals surface area (Å²) in [5.41, 5.74) is 8.53. The Kier molecular flexibility index (Phi) is 6.00. The van der Waals surface area contributed by atoms with Crippen molar-refractivity contribution in [3.63, 3.8) is 0 Å². The van der Waals surface area contributed by atoms with Crippen molar-refractivity contribution in [3.8, 4) is 0 Å². The molecule has 1 fully saturated rings. The summed E-state index contributed by atoms with van der Waals surface area (Å²) in [6.07, 6.45) is 1.88. The number of benzene rings is 2. The Labute approximate surface area is 205 Å². The number of aliphatic imine (C=N–C) groups is 1. The van der Waals surface area contributed by atoms with Gasteiger partial charge in [-0.15, -0.1) is 0 Å². The number of guanidine groups is 1. The average molecular weight is 496 g/mol. The van der Waals surface area contributed by atoms with Gasteiger partial charge in [0.1, 0.15) is 0 Å². The lowest BCUT2D eigenvalue weighted by Crippen LogP contribution is -2.43. The van der Waals surface area contributed by atoms with E-state index in [1.165, 1.54) is 0 Å². The van der Waals surface area contributed by atoms with Crippen LogP contribution < -0.4 is 10.6 Å². The van der Waals surface area contributed by atoms with Crippen molar-refractivity contribution in [2.75, 3.05) is 31.1 Å². The zero-order valence-electron chi connectivity index (χ0n) is 19.6. The molecule has 5 rings (SSSR count). The molecule has 0 spiro atoms. The third kappa shape index (κ3) is 4.27. The molecule has 2 N–H and O–H groups in total. The summed E-state index contributed by atoms with van der Waals surface area (Å²) < 4.78 is 28.0. The molecule has 0 bridgehead atoms. The largest absolute Gasteiger partial charge is 0.369 e. The maximum Gasteiger partial charge on any atom is 0.266 e. The Morgan fingerprint density at radius 1 is 1.03 bits per heavy atom. The van der Waals surface area contributed by atoms with Gasteiger partial charge in [0.15, 0.2) is 0 Å². The molecule has 3 aliphatic rings. The number of piperidine rings is 1. The highest BCUT2D eigenvalue weighted by atomic mass is 32.2. The van der Waals surface area contributed by atoms with Crippen LogP contribution in [0.15, 0.2) is 58.4 Å². The van der Waals surface area contributed by atoms with E-state index < -0.39 is 10.0 Å². The predicted molar refractivity (Wildman–Crippen MR) is 132 cm³/mol. The Morgan fingerprint density at radius 2 is 1.74 bits per heavy atom. The molecule has 2 amide bonds. The van der Waals surface area contributed by atoms with E-state index in [0.29, 0.717) is 38.9 Å². The number of rotatable bonds is 4. The summed E-state index contributed by atoms with van der Waals surface area (Å²) in [6, 6.07) is 14.1. The van der Waals surface area contributed by atoms with Crippen LogP contribution in [0.5, 0.6) is 0 Å². The first-order valence-electron chi connectivity index (χ1n) is 11.9. The van der Waals surface area contributed by atoms with Crippen LogP contribution in [0.3, 0.4) is 0 Å². The van der Waals surface area contributed by atoms with Gasteiger partial charge in [-0.1, -0.05) is 30.3 Å². The van der Waals surface area contributed by atoms with Crippen molar-refractivity contribution < 1.29 is 18.0 Å². The fourth-order valence-corrected chi connectivity index (χ4v) is 6.56. The van der Waals surface area contributed by atoms with E-state index in [1.807, 2.05) is 30.3 Å². The van der Waals surface area contributed by atoms with Gasteiger partial charge in [0.05, 0.1) is 17.5 Å². The third-order valence-corrected chi connectivity index (χ3v) is 8.92. The van der Waals surface area contributed by atoms with Crippen LogP contribution in [0, 0.1) is 5.92 Å². The van der Waals surface area contributed by atoms with E-state index in [2.05, 4.69) is 4.99 Å². The highest BCUT2D eigenvalue weighted by Crippen LogP contribution is 2.35. The van der Waals surface area contributed by atoms with E-state index in [9.17, 15) is 18.0 Å².